The van der Waals surface area contributed by atoms with Gasteiger partial charge in [-0.05, 0) is 42.7 Å². The van der Waals surface area contributed by atoms with Gasteiger partial charge < -0.3 is 10.2 Å². The quantitative estimate of drug-likeness (QED) is 0.732. The molecule has 0 spiro atoms. The van der Waals surface area contributed by atoms with Crippen molar-refractivity contribution in [2.75, 3.05) is 0 Å². The molecule has 0 aliphatic heterocycles. The van der Waals surface area contributed by atoms with Crippen LogP contribution >= 0.6 is 0 Å². The van der Waals surface area contributed by atoms with Crippen LogP contribution in [0.15, 0.2) is 36.0 Å². The van der Waals surface area contributed by atoms with E-state index in [0.29, 0.717) is 24.0 Å². The molecule has 0 heterocycles. The summed E-state index contributed by atoms with van der Waals surface area (Å²) in [7, 11) is 0. The minimum Gasteiger partial charge on any atom is -0.390 e. The Labute approximate surface area is 132 Å². The second-order valence-corrected chi connectivity index (χ2v) is 8.09. The van der Waals surface area contributed by atoms with Crippen molar-refractivity contribution in [3.63, 3.8) is 0 Å². The average molecular weight is 302 g/mol. The molecule has 2 N–H and O–H groups in total. The van der Waals surface area contributed by atoms with Crippen molar-refractivity contribution in [1.29, 1.82) is 0 Å². The number of carbonyl (C=O) groups is 1. The third-order valence-corrected chi connectivity index (χ3v) is 6.10. The molecule has 1 fully saturated rings. The Morgan fingerprint density at radius 2 is 1.95 bits per heavy atom. The smallest absolute Gasteiger partial charge is 0.182 e. The Kier molecular flexibility index (Phi) is 3.32. The van der Waals surface area contributed by atoms with E-state index >= 15 is 0 Å². The van der Waals surface area contributed by atoms with Crippen LogP contribution < -0.4 is 0 Å². The molecule has 0 amide bonds. The largest absolute Gasteiger partial charge is 0.390 e. The predicted octanol–water partition coefficient (Wildman–Crippen LogP) is 2.94. The molecule has 3 nitrogen and oxygen atoms in total. The van der Waals surface area contributed by atoms with Gasteiger partial charge in [0.15, 0.2) is 5.78 Å². The molecular weight excluding hydrogens is 276 g/mol. The zero-order valence-electron chi connectivity index (χ0n) is 13.7. The lowest BCUT2D eigenvalue weighted by Crippen LogP contribution is -2.60. The predicted molar refractivity (Wildman–Crippen MR) is 86.2 cm³/mol. The van der Waals surface area contributed by atoms with E-state index in [1.54, 1.807) is 6.08 Å². The first kappa shape index (κ1) is 15.7. The van der Waals surface area contributed by atoms with Crippen LogP contribution in [0.25, 0.3) is 0 Å². The maximum absolute atomic E-state index is 12.7. The van der Waals surface area contributed by atoms with Crippen LogP contribution in [0.2, 0.25) is 0 Å². The van der Waals surface area contributed by atoms with Gasteiger partial charge in [-0.25, -0.2) is 0 Å². The number of aliphatic hydroxyl groups excluding tert-OH is 1. The third-order valence-electron chi connectivity index (χ3n) is 6.10. The zero-order chi connectivity index (χ0) is 16.3. The second kappa shape index (κ2) is 4.65. The summed E-state index contributed by atoms with van der Waals surface area (Å²) in [5.74, 6) is -0.317. The molecule has 0 bridgehead atoms. The van der Waals surface area contributed by atoms with Gasteiger partial charge in [0.05, 0.1) is 6.10 Å². The van der Waals surface area contributed by atoms with E-state index in [9.17, 15) is 15.0 Å². The summed E-state index contributed by atoms with van der Waals surface area (Å²) in [6.45, 7) is 10.0. The van der Waals surface area contributed by atoms with E-state index < -0.39 is 11.7 Å². The van der Waals surface area contributed by atoms with Gasteiger partial charge in [-0.1, -0.05) is 32.9 Å². The Morgan fingerprint density at radius 3 is 2.59 bits per heavy atom. The van der Waals surface area contributed by atoms with Crippen molar-refractivity contribution in [3.8, 4) is 0 Å². The monoisotopic (exact) mass is 302 g/mol. The van der Waals surface area contributed by atoms with Crippen molar-refractivity contribution < 1.29 is 15.0 Å². The number of fused-ring (bicyclic) bond motifs is 3. The number of allylic oxidation sites excluding steroid dienone is 3. The molecule has 0 radical (unpaired) electrons. The Balaban J connectivity index is 2.18. The minimum atomic E-state index is -1.30. The van der Waals surface area contributed by atoms with Crippen LogP contribution in [-0.2, 0) is 4.79 Å². The number of rotatable bonds is 1. The van der Waals surface area contributed by atoms with Crippen LogP contribution in [0.4, 0.5) is 0 Å². The zero-order valence-corrected chi connectivity index (χ0v) is 13.7. The summed E-state index contributed by atoms with van der Waals surface area (Å²) in [6.07, 6.45) is 7.48. The van der Waals surface area contributed by atoms with Gasteiger partial charge in [-0.3, -0.25) is 4.79 Å². The first-order chi connectivity index (χ1) is 10.1. The van der Waals surface area contributed by atoms with Gasteiger partial charge in [-0.2, -0.15) is 0 Å². The van der Waals surface area contributed by atoms with Gasteiger partial charge in [0.25, 0.3) is 0 Å². The molecular formula is C19H26O3. The van der Waals surface area contributed by atoms with E-state index in [2.05, 4.69) is 13.5 Å². The van der Waals surface area contributed by atoms with Gasteiger partial charge >= 0.3 is 0 Å². The van der Waals surface area contributed by atoms with Gasteiger partial charge in [0, 0.05) is 16.9 Å². The fourth-order valence-electron chi connectivity index (χ4n) is 4.52. The highest BCUT2D eigenvalue weighted by Crippen LogP contribution is 2.56. The van der Waals surface area contributed by atoms with Crippen molar-refractivity contribution in [2.24, 2.45) is 16.7 Å². The SMILES string of the molecule is C=C[C@]1(C)C=C2C(=O)C=C3C(C)(C)CC[C@@H](O)[C@]3(O)[C@H]2CC1. The lowest BCUT2D eigenvalue weighted by molar-refractivity contribution is -0.130. The molecule has 3 heteroatoms. The van der Waals surface area contributed by atoms with Crippen molar-refractivity contribution in [2.45, 2.75) is 58.2 Å². The second-order valence-electron chi connectivity index (χ2n) is 8.09. The summed E-state index contributed by atoms with van der Waals surface area (Å²) in [5.41, 5.74) is -0.402. The number of hydrogen-bond acceptors (Lipinski definition) is 3. The van der Waals surface area contributed by atoms with Crippen molar-refractivity contribution in [3.05, 3.63) is 36.0 Å². The van der Waals surface area contributed by atoms with E-state index in [4.69, 9.17) is 0 Å². The molecule has 0 saturated heterocycles. The number of aliphatic hydroxyl groups is 2. The van der Waals surface area contributed by atoms with Crippen molar-refractivity contribution in [1.82, 2.24) is 0 Å². The summed E-state index contributed by atoms with van der Waals surface area (Å²) in [4.78, 5) is 12.7. The van der Waals surface area contributed by atoms with E-state index in [1.165, 1.54) is 0 Å². The first-order valence-corrected chi connectivity index (χ1v) is 8.18. The van der Waals surface area contributed by atoms with Crippen LogP contribution in [0, 0.1) is 16.7 Å². The fourth-order valence-corrected chi connectivity index (χ4v) is 4.52. The van der Waals surface area contributed by atoms with Gasteiger partial charge in [0.2, 0.25) is 0 Å². The van der Waals surface area contributed by atoms with Crippen LogP contribution in [0.3, 0.4) is 0 Å². The molecule has 0 unspecified atom stereocenters. The molecule has 0 aromatic carbocycles. The highest BCUT2D eigenvalue weighted by molar-refractivity contribution is 6.07. The first-order valence-electron chi connectivity index (χ1n) is 8.18. The number of ketones is 1. The molecule has 120 valence electrons. The minimum absolute atomic E-state index is 0.0142. The molecule has 1 saturated carbocycles. The topological polar surface area (TPSA) is 57.5 Å². The molecule has 3 aliphatic carbocycles. The summed E-state index contributed by atoms with van der Waals surface area (Å²) in [5, 5.41) is 22.0. The fraction of sp³-hybridized carbons (Fsp3) is 0.632. The Morgan fingerprint density at radius 1 is 1.27 bits per heavy atom. The molecule has 0 aromatic heterocycles. The van der Waals surface area contributed by atoms with E-state index in [1.807, 2.05) is 26.0 Å². The Hall–Kier alpha value is -1.19. The molecule has 22 heavy (non-hydrogen) atoms. The van der Waals surface area contributed by atoms with E-state index in [0.717, 1.165) is 12.8 Å². The Bertz CT molecular complexity index is 598. The highest BCUT2D eigenvalue weighted by Gasteiger charge is 2.58. The van der Waals surface area contributed by atoms with Crippen molar-refractivity contribution >= 4 is 5.78 Å². The lowest BCUT2D eigenvalue weighted by atomic mass is 9.53. The maximum Gasteiger partial charge on any atom is 0.182 e. The van der Waals surface area contributed by atoms with Crippen LogP contribution in [-0.4, -0.2) is 27.7 Å². The normalized spacial score (nSPS) is 43.6. The molecule has 3 rings (SSSR count). The van der Waals surface area contributed by atoms with Gasteiger partial charge in [-0.15, -0.1) is 6.58 Å². The van der Waals surface area contributed by atoms with Crippen LogP contribution in [0.1, 0.15) is 46.5 Å². The molecule has 4 atom stereocenters. The molecule has 3 aliphatic rings. The van der Waals surface area contributed by atoms with E-state index in [-0.39, 0.29) is 22.5 Å². The average Bonchev–Trinajstić information content (AvgIpc) is 2.47. The molecule has 0 aromatic rings. The van der Waals surface area contributed by atoms with Crippen LogP contribution in [0.5, 0.6) is 0 Å². The summed E-state index contributed by atoms with van der Waals surface area (Å²) in [6, 6.07) is 0. The van der Waals surface area contributed by atoms with Gasteiger partial charge in [0.1, 0.15) is 5.60 Å². The number of carbonyl (C=O) groups excluding carboxylic acids is 1. The number of hydrogen-bond donors (Lipinski definition) is 2. The highest BCUT2D eigenvalue weighted by atomic mass is 16.3. The maximum atomic E-state index is 12.7. The third kappa shape index (κ3) is 1.99. The lowest BCUT2D eigenvalue weighted by Gasteiger charge is -2.54. The standard InChI is InChI=1S/C19H26O3/c1-5-18(4)9-6-13-12(11-18)14(20)10-15-17(2,3)8-7-16(21)19(13,15)22/h5,10-11,13,16,21-22H,1,6-9H2,2-4H3/t13-,16+,18-,19-/m0/s1. The summed E-state index contributed by atoms with van der Waals surface area (Å²) >= 11 is 0. The summed E-state index contributed by atoms with van der Waals surface area (Å²) < 4.78 is 0.